The van der Waals surface area contributed by atoms with Crippen molar-refractivity contribution in [3.8, 4) is 5.82 Å². The van der Waals surface area contributed by atoms with Crippen molar-refractivity contribution in [2.75, 3.05) is 13.1 Å². The number of likely N-dealkylation sites (tertiary alicyclic amines) is 1. The zero-order chi connectivity index (χ0) is 17.4. The van der Waals surface area contributed by atoms with Gasteiger partial charge in [-0.1, -0.05) is 11.6 Å². The van der Waals surface area contributed by atoms with E-state index in [0.29, 0.717) is 12.1 Å². The second-order valence-corrected chi connectivity index (χ2v) is 7.34. The Morgan fingerprint density at radius 1 is 1.20 bits per heavy atom. The first-order valence-corrected chi connectivity index (χ1v) is 9.28. The van der Waals surface area contributed by atoms with Crippen LogP contribution < -0.4 is 5.32 Å². The lowest BCUT2D eigenvalue weighted by atomic mass is 9.91. The average Bonchev–Trinajstić information content (AvgIpc) is 3.19. The fourth-order valence-corrected chi connectivity index (χ4v) is 3.98. The highest BCUT2D eigenvalue weighted by molar-refractivity contribution is 5.96. The lowest BCUT2D eigenvalue weighted by molar-refractivity contribution is 0.0696. The standard InChI is InChI=1S/C19H26N4O2/c1-13-12-17(14(2)23(13)18-8-11-25-21-18)19(24)22-9-6-16(7-10-22)20-15-4-3-5-15/h8,11-12,15-16,20H,3-7,9-10H2,1-2H3. The number of aromatic nitrogens is 2. The van der Waals surface area contributed by atoms with Crippen molar-refractivity contribution >= 4 is 5.91 Å². The van der Waals surface area contributed by atoms with Crippen LogP contribution in [0.5, 0.6) is 0 Å². The Kier molecular flexibility index (Phi) is 4.37. The first kappa shape index (κ1) is 16.4. The highest BCUT2D eigenvalue weighted by Gasteiger charge is 2.28. The minimum Gasteiger partial charge on any atom is -0.363 e. The highest BCUT2D eigenvalue weighted by Crippen LogP contribution is 2.24. The number of rotatable bonds is 4. The SMILES string of the molecule is Cc1cc(C(=O)N2CCC(NC3CCC3)CC2)c(C)n1-c1ccon1. The molecule has 0 bridgehead atoms. The van der Waals surface area contributed by atoms with E-state index in [-0.39, 0.29) is 5.91 Å². The van der Waals surface area contributed by atoms with Crippen LogP contribution in [0, 0.1) is 13.8 Å². The summed E-state index contributed by atoms with van der Waals surface area (Å²) in [5, 5.41) is 7.74. The summed E-state index contributed by atoms with van der Waals surface area (Å²) in [7, 11) is 0. The van der Waals surface area contributed by atoms with Crippen molar-refractivity contribution in [2.24, 2.45) is 0 Å². The molecule has 0 radical (unpaired) electrons. The van der Waals surface area contributed by atoms with E-state index in [9.17, 15) is 4.79 Å². The van der Waals surface area contributed by atoms with Crippen molar-refractivity contribution in [1.82, 2.24) is 19.9 Å². The molecule has 1 saturated heterocycles. The van der Waals surface area contributed by atoms with Gasteiger partial charge in [-0.3, -0.25) is 9.36 Å². The van der Waals surface area contributed by atoms with Crippen molar-refractivity contribution in [3.05, 3.63) is 35.3 Å². The molecule has 134 valence electrons. The smallest absolute Gasteiger partial charge is 0.255 e. The predicted molar refractivity (Wildman–Crippen MR) is 95.0 cm³/mol. The number of hydrogen-bond donors (Lipinski definition) is 1. The van der Waals surface area contributed by atoms with E-state index in [0.717, 1.165) is 48.7 Å². The van der Waals surface area contributed by atoms with Crippen LogP contribution in [0.4, 0.5) is 0 Å². The van der Waals surface area contributed by atoms with Crippen LogP contribution in [0.25, 0.3) is 5.82 Å². The molecule has 2 fully saturated rings. The van der Waals surface area contributed by atoms with Gasteiger partial charge in [-0.2, -0.15) is 0 Å². The number of nitrogens with zero attached hydrogens (tertiary/aromatic N) is 3. The van der Waals surface area contributed by atoms with Gasteiger partial charge in [0.05, 0.1) is 5.56 Å². The molecule has 0 atom stereocenters. The van der Waals surface area contributed by atoms with Crippen molar-refractivity contribution < 1.29 is 9.32 Å². The molecule has 25 heavy (non-hydrogen) atoms. The molecule has 2 aromatic heterocycles. The van der Waals surface area contributed by atoms with Gasteiger partial charge in [0, 0.05) is 42.6 Å². The zero-order valence-electron chi connectivity index (χ0n) is 15.0. The van der Waals surface area contributed by atoms with Crippen LogP contribution in [0.2, 0.25) is 0 Å². The highest BCUT2D eigenvalue weighted by atomic mass is 16.5. The van der Waals surface area contributed by atoms with Crippen LogP contribution in [0.15, 0.2) is 22.9 Å². The monoisotopic (exact) mass is 342 g/mol. The second kappa shape index (κ2) is 6.67. The third-order valence-corrected chi connectivity index (χ3v) is 5.67. The van der Waals surface area contributed by atoms with E-state index in [2.05, 4.69) is 10.5 Å². The third kappa shape index (κ3) is 3.11. The molecule has 1 N–H and O–H groups in total. The molecule has 4 rings (SSSR count). The van der Waals surface area contributed by atoms with Crippen LogP contribution in [-0.2, 0) is 0 Å². The number of amides is 1. The third-order valence-electron chi connectivity index (χ3n) is 5.67. The van der Waals surface area contributed by atoms with Gasteiger partial charge in [-0.15, -0.1) is 0 Å². The second-order valence-electron chi connectivity index (χ2n) is 7.34. The van der Waals surface area contributed by atoms with Crippen LogP contribution >= 0.6 is 0 Å². The molecule has 6 nitrogen and oxygen atoms in total. The lowest BCUT2D eigenvalue weighted by Gasteiger charge is -2.37. The maximum absolute atomic E-state index is 13.0. The van der Waals surface area contributed by atoms with E-state index in [1.54, 1.807) is 6.26 Å². The van der Waals surface area contributed by atoms with E-state index in [4.69, 9.17) is 4.52 Å². The zero-order valence-corrected chi connectivity index (χ0v) is 15.0. The number of piperidine rings is 1. The molecule has 1 amide bonds. The summed E-state index contributed by atoms with van der Waals surface area (Å²) in [6.45, 7) is 5.63. The van der Waals surface area contributed by atoms with Gasteiger partial charge in [-0.25, -0.2) is 0 Å². The van der Waals surface area contributed by atoms with Crippen molar-refractivity contribution in [2.45, 2.75) is 58.0 Å². The number of carbonyl (C=O) groups is 1. The Morgan fingerprint density at radius 2 is 1.92 bits per heavy atom. The Bertz CT molecular complexity index is 738. The van der Waals surface area contributed by atoms with E-state index in [1.165, 1.54) is 19.3 Å². The van der Waals surface area contributed by atoms with Gasteiger partial charge in [0.15, 0.2) is 5.82 Å². The molecule has 6 heteroatoms. The molecule has 0 aromatic carbocycles. The van der Waals surface area contributed by atoms with Crippen LogP contribution in [0.1, 0.15) is 53.8 Å². The van der Waals surface area contributed by atoms with Gasteiger partial charge in [0.2, 0.25) is 0 Å². The molecule has 2 aromatic rings. The predicted octanol–water partition coefficient (Wildman–Crippen LogP) is 2.83. The van der Waals surface area contributed by atoms with Crippen molar-refractivity contribution in [3.63, 3.8) is 0 Å². The molecule has 0 spiro atoms. The van der Waals surface area contributed by atoms with Crippen LogP contribution in [-0.4, -0.2) is 45.7 Å². The first-order valence-electron chi connectivity index (χ1n) is 9.28. The van der Waals surface area contributed by atoms with Gasteiger partial charge in [0.1, 0.15) is 6.26 Å². The normalized spacial score (nSPS) is 19.2. The summed E-state index contributed by atoms with van der Waals surface area (Å²) < 4.78 is 6.92. The van der Waals surface area contributed by atoms with E-state index >= 15 is 0 Å². The summed E-state index contributed by atoms with van der Waals surface area (Å²) in [6, 6.07) is 5.06. The molecule has 1 saturated carbocycles. The fraction of sp³-hybridized carbons (Fsp3) is 0.579. The Labute approximate surface area is 148 Å². The molecule has 2 aliphatic rings. The number of carbonyl (C=O) groups excluding carboxylic acids is 1. The van der Waals surface area contributed by atoms with Gasteiger partial charge >= 0.3 is 0 Å². The molecule has 1 aliphatic heterocycles. The quantitative estimate of drug-likeness (QED) is 0.928. The van der Waals surface area contributed by atoms with Crippen molar-refractivity contribution in [1.29, 1.82) is 0 Å². The molecular weight excluding hydrogens is 316 g/mol. The van der Waals surface area contributed by atoms with Gasteiger partial charge in [0.25, 0.3) is 5.91 Å². The Morgan fingerprint density at radius 3 is 2.52 bits per heavy atom. The van der Waals surface area contributed by atoms with Crippen LogP contribution in [0.3, 0.4) is 0 Å². The summed E-state index contributed by atoms with van der Waals surface area (Å²) in [4.78, 5) is 15.0. The van der Waals surface area contributed by atoms with Gasteiger partial charge < -0.3 is 14.7 Å². The Hall–Kier alpha value is -2.08. The maximum atomic E-state index is 13.0. The fourth-order valence-electron chi connectivity index (χ4n) is 3.98. The molecular formula is C19H26N4O2. The molecule has 0 unspecified atom stereocenters. The summed E-state index contributed by atoms with van der Waals surface area (Å²) in [5.41, 5.74) is 2.69. The summed E-state index contributed by atoms with van der Waals surface area (Å²) in [5.74, 6) is 0.849. The number of nitrogens with one attached hydrogen (secondary N) is 1. The number of hydrogen-bond acceptors (Lipinski definition) is 4. The van der Waals surface area contributed by atoms with Gasteiger partial charge in [-0.05, 0) is 45.6 Å². The summed E-state index contributed by atoms with van der Waals surface area (Å²) in [6.07, 6.45) is 7.63. The summed E-state index contributed by atoms with van der Waals surface area (Å²) >= 11 is 0. The lowest BCUT2D eigenvalue weighted by Crippen LogP contribution is -2.49. The van der Waals surface area contributed by atoms with E-state index < -0.39 is 0 Å². The maximum Gasteiger partial charge on any atom is 0.255 e. The first-order chi connectivity index (χ1) is 12.1. The molecule has 1 aliphatic carbocycles. The van der Waals surface area contributed by atoms with E-state index in [1.807, 2.05) is 35.4 Å². The minimum atomic E-state index is 0.130. The molecule has 3 heterocycles. The minimum absolute atomic E-state index is 0.130. The largest absolute Gasteiger partial charge is 0.363 e. The number of aryl methyl sites for hydroxylation is 1. The topological polar surface area (TPSA) is 63.3 Å². The Balaban J connectivity index is 1.44. The average molecular weight is 342 g/mol.